The first kappa shape index (κ1) is 32.0. The summed E-state index contributed by atoms with van der Waals surface area (Å²) in [5.74, 6) is 0. The summed E-state index contributed by atoms with van der Waals surface area (Å²) in [6.45, 7) is 11.6. The average molecular weight is 670 g/mol. The minimum atomic E-state index is -0.0828. The Hall–Kier alpha value is -5.92. The molecule has 0 radical (unpaired) electrons. The molecule has 0 amide bonds. The predicted molar refractivity (Wildman–Crippen MR) is 222 cm³/mol. The smallest absolute Gasteiger partial charge is 0.0465 e. The lowest BCUT2D eigenvalue weighted by Gasteiger charge is -2.30. The first-order valence-electron chi connectivity index (χ1n) is 18.4. The highest BCUT2D eigenvalue weighted by molar-refractivity contribution is 5.88. The van der Waals surface area contributed by atoms with Crippen molar-refractivity contribution in [2.45, 2.75) is 45.4 Å². The zero-order valence-corrected chi connectivity index (χ0v) is 30.6. The molecule has 0 bridgehead atoms. The maximum absolute atomic E-state index is 2.45. The lowest BCUT2D eigenvalue weighted by Crippen LogP contribution is -2.18. The molecular formula is C51H43N. The second kappa shape index (κ2) is 12.1. The van der Waals surface area contributed by atoms with E-state index in [1.165, 1.54) is 83.7 Å². The third-order valence-corrected chi connectivity index (χ3v) is 11.6. The minimum absolute atomic E-state index is 0.0828. The number of rotatable bonds is 6. The summed E-state index contributed by atoms with van der Waals surface area (Å²) >= 11 is 0. The largest absolute Gasteiger partial charge is 0.310 e. The van der Waals surface area contributed by atoms with E-state index in [-0.39, 0.29) is 10.8 Å². The van der Waals surface area contributed by atoms with Crippen molar-refractivity contribution < 1.29 is 0 Å². The van der Waals surface area contributed by atoms with Crippen molar-refractivity contribution in [3.05, 3.63) is 197 Å². The van der Waals surface area contributed by atoms with Gasteiger partial charge in [0.05, 0.1) is 0 Å². The van der Waals surface area contributed by atoms with Crippen LogP contribution in [-0.4, -0.2) is 0 Å². The molecule has 7 aromatic rings. The summed E-state index contributed by atoms with van der Waals surface area (Å²) < 4.78 is 0. The van der Waals surface area contributed by atoms with E-state index >= 15 is 0 Å². The standard InChI is InChI=1S/C51H43N/c1-34-14-16-35(17-15-34)18-19-36-20-22-37(23-21-36)38-24-26-39(27-25-38)52(40-28-30-44-42-10-6-8-12-46(42)50(2,3)48(44)32-40)41-29-31-45-43-11-7-9-13-47(43)51(4,5)49(45)33-41/h6-33H,1-5H3/b19-18+. The first-order chi connectivity index (χ1) is 25.2. The van der Waals surface area contributed by atoms with Gasteiger partial charge in [-0.1, -0.05) is 167 Å². The Morgan fingerprint density at radius 2 is 0.769 bits per heavy atom. The maximum Gasteiger partial charge on any atom is 0.0465 e. The molecule has 0 N–H and O–H groups in total. The predicted octanol–water partition coefficient (Wildman–Crippen LogP) is 13.9. The molecule has 52 heavy (non-hydrogen) atoms. The van der Waals surface area contributed by atoms with Gasteiger partial charge < -0.3 is 4.90 Å². The second-order valence-corrected chi connectivity index (χ2v) is 15.5. The van der Waals surface area contributed by atoms with Gasteiger partial charge in [-0.2, -0.15) is 0 Å². The highest BCUT2D eigenvalue weighted by Gasteiger charge is 2.37. The molecule has 0 aromatic heterocycles. The zero-order valence-electron chi connectivity index (χ0n) is 30.6. The molecule has 0 aliphatic heterocycles. The molecule has 1 nitrogen and oxygen atoms in total. The van der Waals surface area contributed by atoms with Gasteiger partial charge in [-0.25, -0.2) is 0 Å². The summed E-state index contributed by atoms with van der Waals surface area (Å²) in [6, 6.07) is 58.5. The molecule has 0 heterocycles. The molecule has 0 saturated heterocycles. The van der Waals surface area contributed by atoms with E-state index in [2.05, 4.69) is 209 Å². The van der Waals surface area contributed by atoms with E-state index in [9.17, 15) is 0 Å². The van der Waals surface area contributed by atoms with Crippen LogP contribution in [0.3, 0.4) is 0 Å². The third-order valence-electron chi connectivity index (χ3n) is 11.6. The fourth-order valence-corrected chi connectivity index (χ4v) is 8.57. The van der Waals surface area contributed by atoms with Crippen LogP contribution in [0, 0.1) is 6.92 Å². The van der Waals surface area contributed by atoms with Crippen molar-refractivity contribution in [2.24, 2.45) is 0 Å². The van der Waals surface area contributed by atoms with E-state index < -0.39 is 0 Å². The fourth-order valence-electron chi connectivity index (χ4n) is 8.57. The van der Waals surface area contributed by atoms with Crippen LogP contribution >= 0.6 is 0 Å². The summed E-state index contributed by atoms with van der Waals surface area (Å²) in [5, 5.41) is 0. The summed E-state index contributed by atoms with van der Waals surface area (Å²) in [5.41, 5.74) is 20.3. The second-order valence-electron chi connectivity index (χ2n) is 15.5. The molecule has 0 fully saturated rings. The Kier molecular flexibility index (Phi) is 7.45. The number of aryl methyl sites for hydroxylation is 1. The number of fused-ring (bicyclic) bond motifs is 6. The van der Waals surface area contributed by atoms with E-state index in [0.717, 1.165) is 5.69 Å². The summed E-state index contributed by atoms with van der Waals surface area (Å²) in [4.78, 5) is 2.45. The van der Waals surface area contributed by atoms with Gasteiger partial charge in [-0.05, 0) is 110 Å². The Balaban J connectivity index is 1.10. The Morgan fingerprint density at radius 3 is 1.25 bits per heavy atom. The zero-order chi connectivity index (χ0) is 35.6. The topological polar surface area (TPSA) is 3.24 Å². The molecule has 7 aromatic carbocycles. The van der Waals surface area contributed by atoms with E-state index in [1.807, 2.05) is 0 Å². The molecule has 2 aliphatic carbocycles. The molecule has 0 atom stereocenters. The molecule has 2 aliphatic rings. The van der Waals surface area contributed by atoms with E-state index in [4.69, 9.17) is 0 Å². The maximum atomic E-state index is 2.45. The van der Waals surface area contributed by atoms with Crippen LogP contribution in [0.15, 0.2) is 158 Å². The molecule has 1 heteroatoms. The summed E-state index contributed by atoms with van der Waals surface area (Å²) in [6.07, 6.45) is 4.36. The highest BCUT2D eigenvalue weighted by Crippen LogP contribution is 2.53. The third kappa shape index (κ3) is 5.23. The number of benzene rings is 7. The van der Waals surface area contributed by atoms with Gasteiger partial charge in [0.15, 0.2) is 0 Å². The quantitative estimate of drug-likeness (QED) is 0.159. The van der Waals surface area contributed by atoms with Crippen LogP contribution < -0.4 is 4.90 Å². The monoisotopic (exact) mass is 669 g/mol. The van der Waals surface area contributed by atoms with Gasteiger partial charge in [0, 0.05) is 27.9 Å². The normalized spacial score (nSPS) is 14.5. The first-order valence-corrected chi connectivity index (χ1v) is 18.4. The molecule has 0 unspecified atom stereocenters. The molecule has 9 rings (SSSR count). The van der Waals surface area contributed by atoms with Gasteiger partial charge in [-0.3, -0.25) is 0 Å². The van der Waals surface area contributed by atoms with Crippen LogP contribution in [0.1, 0.15) is 66.6 Å². The Bertz CT molecular complexity index is 2390. The van der Waals surface area contributed by atoms with Crippen molar-refractivity contribution in [2.75, 3.05) is 4.90 Å². The lowest BCUT2D eigenvalue weighted by atomic mass is 9.82. The van der Waals surface area contributed by atoms with Crippen molar-refractivity contribution >= 4 is 29.2 Å². The van der Waals surface area contributed by atoms with Crippen LogP contribution in [0.4, 0.5) is 17.1 Å². The number of nitrogens with zero attached hydrogens (tertiary/aromatic N) is 1. The van der Waals surface area contributed by atoms with Crippen LogP contribution in [-0.2, 0) is 10.8 Å². The number of anilines is 3. The summed E-state index contributed by atoms with van der Waals surface area (Å²) in [7, 11) is 0. The Labute approximate surface area is 308 Å². The van der Waals surface area contributed by atoms with Crippen LogP contribution in [0.25, 0.3) is 45.5 Å². The van der Waals surface area contributed by atoms with Gasteiger partial charge in [0.25, 0.3) is 0 Å². The SMILES string of the molecule is Cc1ccc(/C=C/c2ccc(-c3ccc(N(c4ccc5c(c4)C(C)(C)c4ccccc4-5)c4ccc5c(c4)C(C)(C)c4ccccc4-5)cc3)cc2)cc1. The van der Waals surface area contributed by atoms with Gasteiger partial charge >= 0.3 is 0 Å². The highest BCUT2D eigenvalue weighted by atomic mass is 15.1. The van der Waals surface area contributed by atoms with Crippen molar-refractivity contribution in [3.8, 4) is 33.4 Å². The molecule has 0 spiro atoms. The van der Waals surface area contributed by atoms with Crippen molar-refractivity contribution in [1.82, 2.24) is 0 Å². The number of hydrogen-bond donors (Lipinski definition) is 0. The molecule has 0 saturated carbocycles. The van der Waals surface area contributed by atoms with Crippen molar-refractivity contribution in [1.29, 1.82) is 0 Å². The van der Waals surface area contributed by atoms with Crippen molar-refractivity contribution in [3.63, 3.8) is 0 Å². The minimum Gasteiger partial charge on any atom is -0.310 e. The Morgan fingerprint density at radius 1 is 0.385 bits per heavy atom. The number of hydrogen-bond acceptors (Lipinski definition) is 1. The molecule has 252 valence electrons. The average Bonchev–Trinajstić information content (AvgIpc) is 3.54. The van der Waals surface area contributed by atoms with E-state index in [1.54, 1.807) is 0 Å². The van der Waals surface area contributed by atoms with Gasteiger partial charge in [-0.15, -0.1) is 0 Å². The van der Waals surface area contributed by atoms with Gasteiger partial charge in [0.2, 0.25) is 0 Å². The van der Waals surface area contributed by atoms with E-state index in [0.29, 0.717) is 0 Å². The fraction of sp³-hybridized carbons (Fsp3) is 0.137. The molecular weight excluding hydrogens is 627 g/mol. The van der Waals surface area contributed by atoms with Crippen LogP contribution in [0.5, 0.6) is 0 Å². The van der Waals surface area contributed by atoms with Crippen LogP contribution in [0.2, 0.25) is 0 Å². The van der Waals surface area contributed by atoms with Gasteiger partial charge in [0.1, 0.15) is 0 Å². The lowest BCUT2D eigenvalue weighted by molar-refractivity contribution is 0.660.